The van der Waals surface area contributed by atoms with E-state index in [2.05, 4.69) is 30.9 Å². The van der Waals surface area contributed by atoms with Crippen LogP contribution in [-0.4, -0.2) is 52.8 Å². The number of aliphatic hydroxyl groups is 1. The Hall–Kier alpha value is -2.81. The number of benzene rings is 1. The van der Waals surface area contributed by atoms with Crippen LogP contribution in [0.5, 0.6) is 0 Å². The van der Waals surface area contributed by atoms with Crippen molar-refractivity contribution in [3.05, 3.63) is 35.9 Å². The number of hydrogen-bond donors (Lipinski definition) is 3. The zero-order valence-corrected chi connectivity index (χ0v) is 16.7. The molecular weight excluding hydrogens is 382 g/mol. The van der Waals surface area contributed by atoms with Gasteiger partial charge in [-0.05, 0) is 68.1 Å². The van der Waals surface area contributed by atoms with Gasteiger partial charge in [-0.3, -0.25) is 4.79 Å². The number of aromatic nitrogens is 6. The lowest BCUT2D eigenvalue weighted by Crippen LogP contribution is -2.61. The van der Waals surface area contributed by atoms with Crippen molar-refractivity contribution >= 4 is 16.9 Å². The predicted molar refractivity (Wildman–Crippen MR) is 107 cm³/mol. The Kier molecular flexibility index (Phi) is 3.96. The van der Waals surface area contributed by atoms with Gasteiger partial charge in [-0.1, -0.05) is 5.21 Å². The third kappa shape index (κ3) is 2.99. The molecule has 156 valence electrons. The van der Waals surface area contributed by atoms with Gasteiger partial charge in [-0.2, -0.15) is 5.21 Å². The first-order chi connectivity index (χ1) is 14.6. The molecule has 4 aliphatic rings. The second-order valence-corrected chi connectivity index (χ2v) is 9.41. The van der Waals surface area contributed by atoms with E-state index >= 15 is 0 Å². The summed E-state index contributed by atoms with van der Waals surface area (Å²) in [7, 11) is 0. The predicted octanol–water partition coefficient (Wildman–Crippen LogP) is 1.46. The van der Waals surface area contributed by atoms with Gasteiger partial charge in [0.2, 0.25) is 0 Å². The molecule has 9 nitrogen and oxygen atoms in total. The van der Waals surface area contributed by atoms with Crippen molar-refractivity contribution in [3.63, 3.8) is 0 Å². The highest BCUT2D eigenvalue weighted by Crippen LogP contribution is 2.55. The fraction of sp³-hybridized carbons (Fsp3) is 0.571. The summed E-state index contributed by atoms with van der Waals surface area (Å²) in [5, 5.41) is 28.0. The van der Waals surface area contributed by atoms with Crippen LogP contribution in [0.2, 0.25) is 0 Å². The Bertz CT molecular complexity index is 1080. The van der Waals surface area contributed by atoms with Crippen molar-refractivity contribution in [1.82, 2.24) is 35.5 Å². The zero-order chi connectivity index (χ0) is 20.3. The lowest BCUT2D eigenvalue weighted by Gasteiger charge is -2.58. The summed E-state index contributed by atoms with van der Waals surface area (Å²) in [6.07, 6.45) is 7.31. The number of nitrogens with zero attached hydrogens (tertiary/aromatic N) is 5. The molecule has 5 atom stereocenters. The summed E-state index contributed by atoms with van der Waals surface area (Å²) in [6, 6.07) is 5.86. The average Bonchev–Trinajstić information content (AvgIpc) is 3.37. The van der Waals surface area contributed by atoms with Gasteiger partial charge >= 0.3 is 0 Å². The van der Waals surface area contributed by atoms with Crippen LogP contribution in [0.4, 0.5) is 0 Å². The SMILES string of the molecule is O=C(NC1[C@@H]2CC3C[C@H]1CC(O)(C3)C2)c1ccc2c(c1)ncn2CCc1nn[nH]n1. The van der Waals surface area contributed by atoms with E-state index < -0.39 is 5.60 Å². The maximum absolute atomic E-state index is 13.0. The van der Waals surface area contributed by atoms with Crippen LogP contribution in [0.25, 0.3) is 11.0 Å². The summed E-state index contributed by atoms with van der Waals surface area (Å²) in [6.45, 7) is 0.692. The third-order valence-corrected chi connectivity index (χ3v) is 7.39. The highest BCUT2D eigenvalue weighted by molar-refractivity contribution is 5.97. The number of fused-ring (bicyclic) bond motifs is 1. The van der Waals surface area contributed by atoms with Crippen molar-refractivity contribution in [3.8, 4) is 0 Å². The van der Waals surface area contributed by atoms with Crippen LogP contribution >= 0.6 is 0 Å². The largest absolute Gasteiger partial charge is 0.390 e. The Morgan fingerprint density at radius 3 is 2.83 bits per heavy atom. The fourth-order valence-corrected chi connectivity index (χ4v) is 6.34. The summed E-state index contributed by atoms with van der Waals surface area (Å²) in [5.41, 5.74) is 1.94. The van der Waals surface area contributed by atoms with Gasteiger partial charge in [0, 0.05) is 24.6 Å². The molecule has 3 N–H and O–H groups in total. The molecule has 9 heteroatoms. The number of H-pyrrole nitrogens is 1. The van der Waals surface area contributed by atoms with Gasteiger partial charge in [0.1, 0.15) is 0 Å². The second-order valence-electron chi connectivity index (χ2n) is 9.41. The standard InChI is InChI=1S/C21H25N7O2/c29-20(23-19-14-5-12-6-15(19)10-21(30,8-12)9-14)13-1-2-17-16(7-13)22-11-28(17)4-3-18-24-26-27-25-18/h1-2,7,11-12,14-15,19,30H,3-6,8-10H2,(H,23,29)(H,24,25,26,27)/t12?,14-,15+,19?,21?. The maximum atomic E-state index is 13.0. The number of aromatic amines is 1. The van der Waals surface area contributed by atoms with E-state index in [1.807, 2.05) is 22.8 Å². The monoisotopic (exact) mass is 407 g/mol. The number of nitrogens with one attached hydrogen (secondary N) is 2. The quantitative estimate of drug-likeness (QED) is 0.589. The van der Waals surface area contributed by atoms with E-state index in [-0.39, 0.29) is 11.9 Å². The van der Waals surface area contributed by atoms with Crippen LogP contribution in [0.1, 0.15) is 48.3 Å². The van der Waals surface area contributed by atoms with Crippen molar-refractivity contribution < 1.29 is 9.90 Å². The Morgan fingerprint density at radius 1 is 1.27 bits per heavy atom. The minimum Gasteiger partial charge on any atom is -0.390 e. The Morgan fingerprint density at radius 2 is 2.10 bits per heavy atom. The highest BCUT2D eigenvalue weighted by Gasteiger charge is 2.55. The van der Waals surface area contributed by atoms with Gasteiger partial charge in [-0.25, -0.2) is 4.98 Å². The molecule has 2 heterocycles. The lowest BCUT2D eigenvalue weighted by molar-refractivity contribution is -0.136. The first-order valence-corrected chi connectivity index (χ1v) is 10.8. The number of imidazole rings is 1. The molecule has 0 saturated heterocycles. The van der Waals surface area contributed by atoms with E-state index in [0.717, 1.165) is 43.1 Å². The first-order valence-electron chi connectivity index (χ1n) is 10.8. The van der Waals surface area contributed by atoms with Crippen molar-refractivity contribution in [2.45, 2.75) is 56.7 Å². The van der Waals surface area contributed by atoms with Crippen LogP contribution in [0, 0.1) is 17.8 Å². The van der Waals surface area contributed by atoms with Gasteiger partial charge in [0.25, 0.3) is 5.91 Å². The van der Waals surface area contributed by atoms with Gasteiger partial charge in [0.05, 0.1) is 23.0 Å². The molecular formula is C21H25N7O2. The molecule has 4 aliphatic carbocycles. The number of carbonyl (C=O) groups excluding carboxylic acids is 1. The first kappa shape index (κ1) is 18.0. The van der Waals surface area contributed by atoms with E-state index in [0.29, 0.717) is 42.1 Å². The number of carbonyl (C=O) groups is 1. The van der Waals surface area contributed by atoms with Gasteiger partial charge in [0.15, 0.2) is 5.82 Å². The van der Waals surface area contributed by atoms with Crippen molar-refractivity contribution in [1.29, 1.82) is 0 Å². The van der Waals surface area contributed by atoms with E-state index in [1.165, 1.54) is 0 Å². The molecule has 0 aliphatic heterocycles. The van der Waals surface area contributed by atoms with Crippen molar-refractivity contribution in [2.75, 3.05) is 0 Å². The summed E-state index contributed by atoms with van der Waals surface area (Å²) < 4.78 is 2.03. The number of tetrazole rings is 1. The minimum atomic E-state index is -0.481. The number of rotatable bonds is 5. The molecule has 0 spiro atoms. The molecule has 4 bridgehead atoms. The van der Waals surface area contributed by atoms with Crippen LogP contribution < -0.4 is 5.32 Å². The molecule has 1 amide bonds. The smallest absolute Gasteiger partial charge is 0.251 e. The highest BCUT2D eigenvalue weighted by atomic mass is 16.3. The number of aryl methyl sites for hydroxylation is 2. The number of hydrogen-bond acceptors (Lipinski definition) is 6. The molecule has 4 saturated carbocycles. The van der Waals surface area contributed by atoms with Crippen molar-refractivity contribution in [2.24, 2.45) is 17.8 Å². The number of amides is 1. The normalized spacial score (nSPS) is 32.0. The van der Waals surface area contributed by atoms with Gasteiger partial charge < -0.3 is 15.0 Å². The molecule has 4 fully saturated rings. The van der Waals surface area contributed by atoms with E-state index in [9.17, 15) is 9.90 Å². The third-order valence-electron chi connectivity index (χ3n) is 7.39. The zero-order valence-electron chi connectivity index (χ0n) is 16.7. The molecule has 2 aromatic heterocycles. The Labute approximate surface area is 173 Å². The fourth-order valence-electron chi connectivity index (χ4n) is 6.34. The lowest BCUT2D eigenvalue weighted by atomic mass is 9.52. The maximum Gasteiger partial charge on any atom is 0.251 e. The molecule has 30 heavy (non-hydrogen) atoms. The molecule has 3 aromatic rings. The van der Waals surface area contributed by atoms with Crippen LogP contribution in [0.15, 0.2) is 24.5 Å². The Balaban J connectivity index is 1.17. The van der Waals surface area contributed by atoms with E-state index in [1.54, 1.807) is 6.33 Å². The topological polar surface area (TPSA) is 122 Å². The van der Waals surface area contributed by atoms with Crippen LogP contribution in [-0.2, 0) is 13.0 Å². The summed E-state index contributed by atoms with van der Waals surface area (Å²) in [4.78, 5) is 17.5. The molecule has 0 radical (unpaired) electrons. The van der Waals surface area contributed by atoms with E-state index in [4.69, 9.17) is 0 Å². The molecule has 7 rings (SSSR count). The van der Waals surface area contributed by atoms with Crippen LogP contribution in [0.3, 0.4) is 0 Å². The summed E-state index contributed by atoms with van der Waals surface area (Å²) in [5.74, 6) is 2.06. The van der Waals surface area contributed by atoms with Gasteiger partial charge in [-0.15, -0.1) is 10.2 Å². The minimum absolute atomic E-state index is 0.0392. The molecule has 3 unspecified atom stereocenters. The summed E-state index contributed by atoms with van der Waals surface area (Å²) >= 11 is 0. The average molecular weight is 407 g/mol. The second kappa shape index (κ2) is 6.60. The molecule has 1 aromatic carbocycles.